The highest BCUT2D eigenvalue weighted by molar-refractivity contribution is 9.10. The Morgan fingerprint density at radius 2 is 2.42 bits per heavy atom. The van der Waals surface area contributed by atoms with E-state index in [0.29, 0.717) is 10.2 Å². The van der Waals surface area contributed by atoms with Crippen LogP contribution in [-0.4, -0.2) is 9.91 Å². The van der Waals surface area contributed by atoms with Crippen molar-refractivity contribution in [2.45, 2.75) is 5.88 Å². The summed E-state index contributed by atoms with van der Waals surface area (Å²) in [5.41, 5.74) is 0.569. The van der Waals surface area contributed by atoms with Crippen molar-refractivity contribution < 1.29 is 4.92 Å². The molecule has 1 rings (SSSR count). The van der Waals surface area contributed by atoms with Gasteiger partial charge in [0.15, 0.2) is 0 Å². The Bertz CT molecular complexity index is 318. The molecule has 0 saturated carbocycles. The lowest BCUT2D eigenvalue weighted by Crippen LogP contribution is -1.92. The lowest BCUT2D eigenvalue weighted by Gasteiger charge is -1.97. The number of halogens is 2. The van der Waals surface area contributed by atoms with Crippen LogP contribution in [0, 0.1) is 10.1 Å². The summed E-state index contributed by atoms with van der Waals surface area (Å²) in [4.78, 5) is 13.5. The molecule has 64 valence electrons. The topological polar surface area (TPSA) is 56.0 Å². The minimum atomic E-state index is -0.504. The van der Waals surface area contributed by atoms with Crippen molar-refractivity contribution in [2.24, 2.45) is 0 Å². The molecule has 0 radical (unpaired) electrons. The molecule has 1 heterocycles. The largest absolute Gasteiger partial charge is 0.287 e. The molecule has 0 bridgehead atoms. The van der Waals surface area contributed by atoms with Gasteiger partial charge < -0.3 is 0 Å². The number of hydrogen-bond acceptors (Lipinski definition) is 3. The SMILES string of the molecule is O=[N+]([O-])c1cnc(Br)c(CCl)c1. The minimum absolute atomic E-state index is 0.0474. The zero-order valence-corrected chi connectivity index (χ0v) is 8.17. The molecule has 0 aliphatic rings. The summed E-state index contributed by atoms with van der Waals surface area (Å²) < 4.78 is 0.545. The first-order valence-electron chi connectivity index (χ1n) is 3.00. The van der Waals surface area contributed by atoms with Gasteiger partial charge in [0.2, 0.25) is 0 Å². The third-order valence-electron chi connectivity index (χ3n) is 1.25. The second kappa shape index (κ2) is 3.82. The number of nitro groups is 1. The average molecular weight is 251 g/mol. The van der Waals surface area contributed by atoms with Gasteiger partial charge in [-0.25, -0.2) is 4.98 Å². The van der Waals surface area contributed by atoms with Crippen LogP contribution < -0.4 is 0 Å². The lowest BCUT2D eigenvalue weighted by molar-refractivity contribution is -0.385. The summed E-state index contributed by atoms with van der Waals surface area (Å²) in [6.45, 7) is 0. The monoisotopic (exact) mass is 250 g/mol. The van der Waals surface area contributed by atoms with Crippen molar-refractivity contribution in [2.75, 3.05) is 0 Å². The summed E-state index contributed by atoms with van der Waals surface area (Å²) in [6.07, 6.45) is 1.18. The van der Waals surface area contributed by atoms with Gasteiger partial charge in [-0.15, -0.1) is 11.6 Å². The molecule has 0 N–H and O–H groups in total. The normalized spacial score (nSPS) is 9.83. The Kier molecular flexibility index (Phi) is 2.99. The number of aromatic nitrogens is 1. The molecule has 1 aromatic heterocycles. The summed E-state index contributed by atoms with van der Waals surface area (Å²) in [7, 11) is 0. The number of rotatable bonds is 2. The molecule has 0 unspecified atom stereocenters. The van der Waals surface area contributed by atoms with Crippen molar-refractivity contribution in [3.63, 3.8) is 0 Å². The summed E-state index contributed by atoms with van der Waals surface area (Å²) in [6, 6.07) is 1.39. The first-order valence-corrected chi connectivity index (χ1v) is 4.32. The smallest absolute Gasteiger partial charge is 0.258 e. The van der Waals surface area contributed by atoms with E-state index < -0.39 is 4.92 Å². The molecular weight excluding hydrogens is 247 g/mol. The van der Waals surface area contributed by atoms with E-state index in [2.05, 4.69) is 20.9 Å². The van der Waals surface area contributed by atoms with Gasteiger partial charge in [-0.2, -0.15) is 0 Å². The van der Waals surface area contributed by atoms with Gasteiger partial charge in [-0.05, 0) is 15.9 Å². The Balaban J connectivity index is 3.13. The molecule has 0 aromatic carbocycles. The molecule has 4 nitrogen and oxygen atoms in total. The van der Waals surface area contributed by atoms with Crippen LogP contribution in [0.15, 0.2) is 16.9 Å². The average Bonchev–Trinajstić information content (AvgIpc) is 2.05. The van der Waals surface area contributed by atoms with Gasteiger partial charge in [0.05, 0.1) is 10.8 Å². The van der Waals surface area contributed by atoms with Crippen molar-refractivity contribution in [3.8, 4) is 0 Å². The zero-order valence-electron chi connectivity index (χ0n) is 5.83. The first-order chi connectivity index (χ1) is 5.65. The van der Waals surface area contributed by atoms with Crippen LogP contribution in [0.25, 0.3) is 0 Å². The molecule has 0 fully saturated rings. The first kappa shape index (κ1) is 9.41. The van der Waals surface area contributed by atoms with Crippen LogP contribution in [0.5, 0.6) is 0 Å². The summed E-state index contributed by atoms with van der Waals surface area (Å²) in [5.74, 6) is 0.204. The molecule has 0 saturated heterocycles. The molecule has 0 aliphatic carbocycles. The molecule has 0 atom stereocenters. The van der Waals surface area contributed by atoms with Gasteiger partial charge in [-0.1, -0.05) is 0 Å². The molecular formula is C6H4BrClN2O2. The van der Waals surface area contributed by atoms with E-state index in [0.717, 1.165) is 0 Å². The highest BCUT2D eigenvalue weighted by Gasteiger charge is 2.09. The fourth-order valence-electron chi connectivity index (χ4n) is 0.675. The maximum atomic E-state index is 10.3. The fourth-order valence-corrected chi connectivity index (χ4v) is 1.40. The molecule has 0 aliphatic heterocycles. The predicted octanol–water partition coefficient (Wildman–Crippen LogP) is 2.49. The van der Waals surface area contributed by atoms with E-state index in [9.17, 15) is 10.1 Å². The molecule has 6 heteroatoms. The van der Waals surface area contributed by atoms with E-state index >= 15 is 0 Å². The Morgan fingerprint density at radius 3 is 2.92 bits per heavy atom. The molecule has 0 spiro atoms. The van der Waals surface area contributed by atoms with E-state index in [1.807, 2.05) is 0 Å². The van der Waals surface area contributed by atoms with E-state index in [-0.39, 0.29) is 11.6 Å². The van der Waals surface area contributed by atoms with Crippen molar-refractivity contribution in [1.29, 1.82) is 0 Å². The summed E-state index contributed by atoms with van der Waals surface area (Å²) >= 11 is 8.64. The van der Waals surface area contributed by atoms with Crippen LogP contribution >= 0.6 is 27.5 Å². The number of alkyl halides is 1. The third kappa shape index (κ3) is 1.92. The summed E-state index contributed by atoms with van der Waals surface area (Å²) in [5, 5.41) is 10.3. The van der Waals surface area contributed by atoms with Crippen LogP contribution in [0.1, 0.15) is 5.56 Å². The van der Waals surface area contributed by atoms with E-state index in [4.69, 9.17) is 11.6 Å². The molecule has 12 heavy (non-hydrogen) atoms. The highest BCUT2D eigenvalue weighted by atomic mass is 79.9. The van der Waals surface area contributed by atoms with Crippen molar-refractivity contribution >= 4 is 33.2 Å². The van der Waals surface area contributed by atoms with Crippen molar-refractivity contribution in [3.05, 3.63) is 32.5 Å². The lowest BCUT2D eigenvalue weighted by atomic mass is 10.3. The van der Waals surface area contributed by atoms with Gasteiger partial charge in [0.1, 0.15) is 10.8 Å². The van der Waals surface area contributed by atoms with Gasteiger partial charge >= 0.3 is 0 Å². The maximum Gasteiger partial charge on any atom is 0.287 e. The number of nitrogens with zero attached hydrogens (tertiary/aromatic N) is 2. The fraction of sp³-hybridized carbons (Fsp3) is 0.167. The van der Waals surface area contributed by atoms with Gasteiger partial charge in [0.25, 0.3) is 5.69 Å². The second-order valence-corrected chi connectivity index (χ2v) is 3.05. The van der Waals surface area contributed by atoms with E-state index in [1.54, 1.807) is 0 Å². The second-order valence-electron chi connectivity index (χ2n) is 2.03. The number of hydrogen-bond donors (Lipinski definition) is 0. The molecule has 0 amide bonds. The Labute approximate surface area is 81.8 Å². The van der Waals surface area contributed by atoms with Crippen molar-refractivity contribution in [1.82, 2.24) is 4.98 Å². The predicted molar refractivity (Wildman–Crippen MR) is 48.1 cm³/mol. The van der Waals surface area contributed by atoms with Gasteiger partial charge in [0, 0.05) is 11.6 Å². The van der Waals surface area contributed by atoms with E-state index in [1.165, 1.54) is 12.3 Å². The Morgan fingerprint density at radius 1 is 1.75 bits per heavy atom. The highest BCUT2D eigenvalue weighted by Crippen LogP contribution is 2.20. The van der Waals surface area contributed by atoms with Crippen LogP contribution in [0.2, 0.25) is 0 Å². The molecule has 1 aromatic rings. The zero-order chi connectivity index (χ0) is 9.14. The Hall–Kier alpha value is -0.680. The van der Waals surface area contributed by atoms with Crippen LogP contribution in [0.4, 0.5) is 5.69 Å². The quantitative estimate of drug-likeness (QED) is 0.351. The van der Waals surface area contributed by atoms with Crippen LogP contribution in [0.3, 0.4) is 0 Å². The number of pyridine rings is 1. The maximum absolute atomic E-state index is 10.3. The minimum Gasteiger partial charge on any atom is -0.258 e. The third-order valence-corrected chi connectivity index (χ3v) is 2.25. The standard InChI is InChI=1S/C6H4BrClN2O2/c7-6-4(2-8)1-5(3-9-6)10(11)12/h1,3H,2H2. The van der Waals surface area contributed by atoms with Crippen LogP contribution in [-0.2, 0) is 5.88 Å². The van der Waals surface area contributed by atoms with Gasteiger partial charge in [-0.3, -0.25) is 10.1 Å².